The van der Waals surface area contributed by atoms with Crippen molar-refractivity contribution in [3.8, 4) is 56.8 Å². The molecule has 0 spiro atoms. The van der Waals surface area contributed by atoms with Crippen LogP contribution < -0.4 is 28.4 Å². The van der Waals surface area contributed by atoms with Gasteiger partial charge in [-0.15, -0.1) is 0 Å². The molecule has 6 aromatic rings. The Balaban J connectivity index is 0.893. The van der Waals surface area contributed by atoms with Crippen molar-refractivity contribution in [2.75, 3.05) is 13.2 Å². The second kappa shape index (κ2) is 24.6. The first kappa shape index (κ1) is 47.3. The van der Waals surface area contributed by atoms with E-state index in [9.17, 15) is 19.2 Å². The molecule has 6 aromatic carbocycles. The summed E-state index contributed by atoms with van der Waals surface area (Å²) in [5.41, 5.74) is 4.67. The molecule has 0 N–H and O–H groups in total. The zero-order valence-electron chi connectivity index (χ0n) is 37.3. The Morgan fingerprint density at radius 2 is 0.708 bits per heavy atom. The maximum absolute atomic E-state index is 12.9. The number of rotatable bonds is 23. The fourth-order valence-electron chi connectivity index (χ4n) is 6.73. The van der Waals surface area contributed by atoms with E-state index in [-0.39, 0.29) is 29.4 Å². The van der Waals surface area contributed by atoms with Gasteiger partial charge in [-0.25, -0.2) is 9.59 Å². The van der Waals surface area contributed by atoms with E-state index < -0.39 is 29.8 Å². The molecule has 1 atom stereocenters. The molecule has 10 heteroatoms. The van der Waals surface area contributed by atoms with Crippen LogP contribution in [0.25, 0.3) is 22.3 Å². The third-order valence-corrected chi connectivity index (χ3v) is 10.5. The molecule has 0 saturated heterocycles. The molecular formula is C55H56O10. The van der Waals surface area contributed by atoms with Crippen molar-refractivity contribution in [1.29, 1.82) is 0 Å². The molecule has 0 bridgehead atoms. The first-order valence-electron chi connectivity index (χ1n) is 22.4. The van der Waals surface area contributed by atoms with Gasteiger partial charge in [0.2, 0.25) is 0 Å². The van der Waals surface area contributed by atoms with Gasteiger partial charge in [0.25, 0.3) is 0 Å². The Morgan fingerprint density at radius 1 is 0.385 bits per heavy atom. The van der Waals surface area contributed by atoms with Crippen LogP contribution in [0.5, 0.6) is 34.5 Å². The molecule has 0 heterocycles. The van der Waals surface area contributed by atoms with Crippen molar-refractivity contribution >= 4 is 23.9 Å². The standard InChI is InChI=1S/C55H56O10/c1-4-6-8-10-36-60-46-24-20-42(21-25-46)40-12-16-44(17-13-40)54(58)64-50-30-28-48(29-31-50)62-52(56)38-39(3)53(57)63-49-32-34-51(35-33-49)65-55(59)45-18-14-41(15-19-45)43-22-26-47(27-23-43)61-37-11-9-7-5-2/h12-35,39H,4-11,36-38H2,1-3H3. The van der Waals surface area contributed by atoms with Gasteiger partial charge in [-0.1, -0.05) is 108 Å². The Hall–Kier alpha value is -7.20. The van der Waals surface area contributed by atoms with Gasteiger partial charge in [-0.2, -0.15) is 0 Å². The third kappa shape index (κ3) is 15.0. The molecule has 336 valence electrons. The number of ether oxygens (including phenoxy) is 6. The predicted molar refractivity (Wildman–Crippen MR) is 251 cm³/mol. The molecule has 0 aromatic heterocycles. The van der Waals surface area contributed by atoms with Crippen molar-refractivity contribution in [1.82, 2.24) is 0 Å². The van der Waals surface area contributed by atoms with E-state index in [0.29, 0.717) is 24.3 Å². The molecule has 0 aliphatic carbocycles. The Morgan fingerprint density at radius 3 is 1.08 bits per heavy atom. The highest BCUT2D eigenvalue weighted by Gasteiger charge is 2.21. The van der Waals surface area contributed by atoms with Crippen LogP contribution >= 0.6 is 0 Å². The average molecular weight is 877 g/mol. The SMILES string of the molecule is CCCCCCOc1ccc(-c2ccc(C(=O)Oc3ccc(OC(=O)CC(C)C(=O)Oc4ccc(OC(=O)c5ccc(-c6ccc(OCCCCCC)cc6)cc5)cc4)cc3)cc2)cc1. The molecule has 0 aliphatic heterocycles. The summed E-state index contributed by atoms with van der Waals surface area (Å²) in [5.74, 6) is -0.518. The first-order valence-corrected chi connectivity index (χ1v) is 22.4. The Bertz CT molecular complexity index is 2420. The van der Waals surface area contributed by atoms with E-state index in [1.165, 1.54) is 87.1 Å². The summed E-state index contributed by atoms with van der Waals surface area (Å²) in [6.45, 7) is 7.34. The number of benzene rings is 6. The number of carbonyl (C=O) groups excluding carboxylic acids is 4. The largest absolute Gasteiger partial charge is 0.494 e. The minimum absolute atomic E-state index is 0.220. The molecule has 0 fully saturated rings. The average Bonchev–Trinajstić information content (AvgIpc) is 3.33. The number of esters is 4. The molecule has 0 amide bonds. The van der Waals surface area contributed by atoms with Crippen molar-refractivity contribution in [3.05, 3.63) is 157 Å². The van der Waals surface area contributed by atoms with E-state index in [0.717, 1.165) is 46.6 Å². The molecule has 1 unspecified atom stereocenters. The molecule has 6 rings (SSSR count). The summed E-state index contributed by atoms with van der Waals surface area (Å²) in [6.07, 6.45) is 8.99. The lowest BCUT2D eigenvalue weighted by Gasteiger charge is -2.12. The van der Waals surface area contributed by atoms with Gasteiger partial charge in [0, 0.05) is 0 Å². The van der Waals surface area contributed by atoms with Crippen molar-refractivity contribution in [3.63, 3.8) is 0 Å². The fourth-order valence-corrected chi connectivity index (χ4v) is 6.73. The highest BCUT2D eigenvalue weighted by atomic mass is 16.6. The zero-order valence-corrected chi connectivity index (χ0v) is 37.3. The second-order valence-corrected chi connectivity index (χ2v) is 15.7. The van der Waals surface area contributed by atoms with Crippen LogP contribution in [0.3, 0.4) is 0 Å². The van der Waals surface area contributed by atoms with Crippen LogP contribution in [0, 0.1) is 5.92 Å². The number of unbranched alkanes of at least 4 members (excludes halogenated alkanes) is 6. The van der Waals surface area contributed by atoms with E-state index in [2.05, 4.69) is 13.8 Å². The minimum atomic E-state index is -0.820. The number of hydrogen-bond acceptors (Lipinski definition) is 10. The van der Waals surface area contributed by atoms with E-state index in [1.54, 1.807) is 31.2 Å². The number of hydrogen-bond donors (Lipinski definition) is 0. The summed E-state index contributed by atoms with van der Waals surface area (Å²) >= 11 is 0. The molecule has 10 nitrogen and oxygen atoms in total. The smallest absolute Gasteiger partial charge is 0.343 e. The maximum atomic E-state index is 12.9. The van der Waals surface area contributed by atoms with Gasteiger partial charge < -0.3 is 28.4 Å². The predicted octanol–water partition coefficient (Wildman–Crippen LogP) is 12.9. The zero-order chi connectivity index (χ0) is 45.8. The van der Waals surface area contributed by atoms with Gasteiger partial charge in [-0.05, 0) is 132 Å². The Labute approximate surface area is 381 Å². The molecule has 0 radical (unpaired) electrons. The van der Waals surface area contributed by atoms with Crippen molar-refractivity contribution in [2.45, 2.75) is 78.6 Å². The topological polar surface area (TPSA) is 124 Å². The van der Waals surface area contributed by atoms with Crippen LogP contribution in [0.1, 0.15) is 99.3 Å². The van der Waals surface area contributed by atoms with Crippen molar-refractivity contribution in [2.24, 2.45) is 5.92 Å². The number of carbonyl (C=O) groups is 4. The summed E-state index contributed by atoms with van der Waals surface area (Å²) in [5, 5.41) is 0. The van der Waals surface area contributed by atoms with Gasteiger partial charge in [0.05, 0.1) is 36.7 Å². The van der Waals surface area contributed by atoms with Gasteiger partial charge >= 0.3 is 23.9 Å². The van der Waals surface area contributed by atoms with Crippen LogP contribution in [0.15, 0.2) is 146 Å². The summed E-state index contributed by atoms with van der Waals surface area (Å²) in [6, 6.07) is 42.1. The second-order valence-electron chi connectivity index (χ2n) is 15.7. The normalized spacial score (nSPS) is 11.2. The summed E-state index contributed by atoms with van der Waals surface area (Å²) in [7, 11) is 0. The van der Waals surface area contributed by atoms with Crippen LogP contribution in [-0.2, 0) is 9.59 Å². The van der Waals surface area contributed by atoms with E-state index >= 15 is 0 Å². The fraction of sp³-hybridized carbons (Fsp3) is 0.273. The summed E-state index contributed by atoms with van der Waals surface area (Å²) < 4.78 is 33.6. The highest BCUT2D eigenvalue weighted by molar-refractivity contribution is 5.92. The lowest BCUT2D eigenvalue weighted by Crippen LogP contribution is -2.23. The summed E-state index contributed by atoms with van der Waals surface area (Å²) in [4.78, 5) is 51.2. The van der Waals surface area contributed by atoms with Gasteiger partial charge in [0.15, 0.2) is 0 Å². The third-order valence-electron chi connectivity index (χ3n) is 10.5. The highest BCUT2D eigenvalue weighted by Crippen LogP contribution is 2.27. The molecular weight excluding hydrogens is 821 g/mol. The minimum Gasteiger partial charge on any atom is -0.494 e. The van der Waals surface area contributed by atoms with Crippen LogP contribution in [0.2, 0.25) is 0 Å². The van der Waals surface area contributed by atoms with Gasteiger partial charge in [0.1, 0.15) is 34.5 Å². The molecule has 0 aliphatic rings. The molecule has 0 saturated carbocycles. The molecule has 65 heavy (non-hydrogen) atoms. The Kier molecular flexibility index (Phi) is 17.9. The monoisotopic (exact) mass is 876 g/mol. The maximum Gasteiger partial charge on any atom is 0.343 e. The van der Waals surface area contributed by atoms with E-state index in [1.807, 2.05) is 72.8 Å². The van der Waals surface area contributed by atoms with Crippen LogP contribution in [-0.4, -0.2) is 37.1 Å². The van der Waals surface area contributed by atoms with Gasteiger partial charge in [-0.3, -0.25) is 9.59 Å². The lowest BCUT2D eigenvalue weighted by atomic mass is 10.0. The lowest BCUT2D eigenvalue weighted by molar-refractivity contribution is -0.144. The first-order chi connectivity index (χ1) is 31.7. The quantitative estimate of drug-likeness (QED) is 0.0349. The van der Waals surface area contributed by atoms with Crippen molar-refractivity contribution < 1.29 is 47.6 Å². The van der Waals surface area contributed by atoms with E-state index in [4.69, 9.17) is 28.4 Å². The van der Waals surface area contributed by atoms with Crippen LogP contribution in [0.4, 0.5) is 0 Å².